The van der Waals surface area contributed by atoms with Gasteiger partial charge in [0.25, 0.3) is 0 Å². The number of aliphatic imine (C=N–C) groups is 1. The predicted octanol–water partition coefficient (Wildman–Crippen LogP) is 2.77. The van der Waals surface area contributed by atoms with E-state index in [2.05, 4.69) is 63.4 Å². The fourth-order valence-electron chi connectivity index (χ4n) is 3.36. The van der Waals surface area contributed by atoms with E-state index in [-0.39, 0.29) is 24.0 Å². The van der Waals surface area contributed by atoms with Crippen LogP contribution in [0.1, 0.15) is 25.3 Å². The van der Waals surface area contributed by atoms with Crippen molar-refractivity contribution in [3.8, 4) is 0 Å². The van der Waals surface area contributed by atoms with Crippen molar-refractivity contribution in [2.45, 2.75) is 33.2 Å². The number of hydrogen-bond donors (Lipinski definition) is 1. The molecule has 0 radical (unpaired) electrons. The van der Waals surface area contributed by atoms with Crippen molar-refractivity contribution in [3.05, 3.63) is 42.5 Å². The lowest BCUT2D eigenvalue weighted by Gasteiger charge is -2.37. The van der Waals surface area contributed by atoms with E-state index in [1.807, 2.05) is 4.57 Å². The van der Waals surface area contributed by atoms with Crippen molar-refractivity contribution in [2.24, 2.45) is 4.99 Å². The van der Waals surface area contributed by atoms with Gasteiger partial charge in [-0.15, -0.1) is 34.2 Å². The second kappa shape index (κ2) is 11.9. The van der Waals surface area contributed by atoms with E-state index in [0.29, 0.717) is 0 Å². The number of halogens is 1. The molecule has 0 spiro atoms. The van der Waals surface area contributed by atoms with E-state index < -0.39 is 0 Å². The van der Waals surface area contributed by atoms with Crippen LogP contribution in [0.4, 0.5) is 5.69 Å². The summed E-state index contributed by atoms with van der Waals surface area (Å²) in [6.45, 7) is 11.0. The van der Waals surface area contributed by atoms with Gasteiger partial charge in [-0.3, -0.25) is 4.99 Å². The Morgan fingerprint density at radius 3 is 2.54 bits per heavy atom. The number of piperazine rings is 1. The third kappa shape index (κ3) is 6.65. The number of anilines is 1. The topological polar surface area (TPSA) is 61.6 Å². The summed E-state index contributed by atoms with van der Waals surface area (Å²) in [4.78, 5) is 9.69. The van der Waals surface area contributed by atoms with Gasteiger partial charge in [-0.2, -0.15) is 0 Å². The Balaban J connectivity index is 0.00000280. The van der Waals surface area contributed by atoms with Gasteiger partial charge in [0, 0.05) is 51.5 Å². The lowest BCUT2D eigenvalue weighted by molar-refractivity contribution is 0.372. The van der Waals surface area contributed by atoms with Gasteiger partial charge < -0.3 is 19.7 Å². The zero-order chi connectivity index (χ0) is 18.9. The van der Waals surface area contributed by atoms with Crippen LogP contribution >= 0.6 is 24.0 Å². The highest BCUT2D eigenvalue weighted by Gasteiger charge is 2.19. The smallest absolute Gasteiger partial charge is 0.194 e. The predicted molar refractivity (Wildman–Crippen MR) is 126 cm³/mol. The van der Waals surface area contributed by atoms with E-state index in [9.17, 15) is 0 Å². The molecule has 1 aliphatic heterocycles. The van der Waals surface area contributed by atoms with Gasteiger partial charge in [0.15, 0.2) is 5.96 Å². The molecular formula is C20H32IN7. The van der Waals surface area contributed by atoms with E-state index in [1.54, 1.807) is 12.7 Å². The fraction of sp³-hybridized carbons (Fsp3) is 0.550. The molecule has 1 aliphatic rings. The zero-order valence-electron chi connectivity index (χ0n) is 16.9. The Hall–Kier alpha value is -1.84. The number of nitrogens with zero attached hydrogens (tertiary/aromatic N) is 6. The first-order chi connectivity index (χ1) is 13.3. The molecule has 8 heteroatoms. The van der Waals surface area contributed by atoms with Gasteiger partial charge >= 0.3 is 0 Å². The zero-order valence-corrected chi connectivity index (χ0v) is 19.2. The average Bonchev–Trinajstić information content (AvgIpc) is 3.21. The lowest BCUT2D eigenvalue weighted by atomic mass is 10.2. The van der Waals surface area contributed by atoms with Crippen molar-refractivity contribution in [1.82, 2.24) is 25.0 Å². The molecule has 3 rings (SSSR count). The molecule has 2 aromatic rings. The number of guanidine groups is 1. The molecule has 1 aromatic carbocycles. The van der Waals surface area contributed by atoms with E-state index in [1.165, 1.54) is 11.3 Å². The van der Waals surface area contributed by atoms with Crippen molar-refractivity contribution >= 4 is 35.6 Å². The quantitative estimate of drug-likeness (QED) is 0.276. The molecular weight excluding hydrogens is 465 g/mol. The van der Waals surface area contributed by atoms with Crippen LogP contribution in [0.3, 0.4) is 0 Å². The summed E-state index contributed by atoms with van der Waals surface area (Å²) in [6, 6.07) is 8.77. The minimum atomic E-state index is 0. The van der Waals surface area contributed by atoms with Crippen LogP contribution in [0.2, 0.25) is 0 Å². The first-order valence-corrected chi connectivity index (χ1v) is 9.93. The second-order valence-corrected chi connectivity index (χ2v) is 6.96. The van der Waals surface area contributed by atoms with Crippen molar-refractivity contribution in [3.63, 3.8) is 0 Å². The number of aryl methyl sites for hydroxylation is 2. The summed E-state index contributed by atoms with van der Waals surface area (Å²) in [5.74, 6) is 1.05. The van der Waals surface area contributed by atoms with Crippen molar-refractivity contribution < 1.29 is 0 Å². The third-order valence-electron chi connectivity index (χ3n) is 4.83. The number of aromatic nitrogens is 3. The van der Waals surface area contributed by atoms with Crippen molar-refractivity contribution in [1.29, 1.82) is 0 Å². The number of unbranched alkanes of at least 4 members (excludes halogenated alkanes) is 1. The van der Waals surface area contributed by atoms with Crippen LogP contribution in [0.5, 0.6) is 0 Å². The molecule has 7 nitrogen and oxygen atoms in total. The van der Waals surface area contributed by atoms with Crippen LogP contribution in [0, 0.1) is 6.92 Å². The van der Waals surface area contributed by atoms with Crippen molar-refractivity contribution in [2.75, 3.05) is 44.2 Å². The van der Waals surface area contributed by atoms with Gasteiger partial charge in [0.1, 0.15) is 12.7 Å². The van der Waals surface area contributed by atoms with E-state index in [0.717, 1.165) is 64.6 Å². The molecule has 1 aromatic heterocycles. The maximum absolute atomic E-state index is 4.84. The van der Waals surface area contributed by atoms with Crippen LogP contribution in [0.25, 0.3) is 0 Å². The molecule has 0 amide bonds. The highest BCUT2D eigenvalue weighted by Crippen LogP contribution is 2.17. The molecule has 1 saturated heterocycles. The molecule has 0 bridgehead atoms. The first-order valence-electron chi connectivity index (χ1n) is 9.93. The second-order valence-electron chi connectivity index (χ2n) is 6.96. The molecule has 2 heterocycles. The third-order valence-corrected chi connectivity index (χ3v) is 4.83. The van der Waals surface area contributed by atoms with E-state index in [4.69, 9.17) is 4.99 Å². The molecule has 0 saturated carbocycles. The van der Waals surface area contributed by atoms with Crippen LogP contribution < -0.4 is 10.2 Å². The Kier molecular flexibility index (Phi) is 9.52. The van der Waals surface area contributed by atoms with Gasteiger partial charge in [0.05, 0.1) is 0 Å². The summed E-state index contributed by atoms with van der Waals surface area (Å²) in [5.41, 5.74) is 2.64. The molecule has 28 heavy (non-hydrogen) atoms. The average molecular weight is 497 g/mol. The van der Waals surface area contributed by atoms with Gasteiger partial charge in [-0.05, 0) is 44.4 Å². The van der Waals surface area contributed by atoms with Crippen LogP contribution in [0.15, 0.2) is 41.9 Å². The van der Waals surface area contributed by atoms with Crippen LogP contribution in [-0.4, -0.2) is 64.9 Å². The summed E-state index contributed by atoms with van der Waals surface area (Å²) in [5, 5.41) is 11.1. The number of benzene rings is 1. The number of rotatable bonds is 7. The van der Waals surface area contributed by atoms with E-state index >= 15 is 0 Å². The Labute approximate surface area is 185 Å². The van der Waals surface area contributed by atoms with Crippen LogP contribution in [-0.2, 0) is 6.54 Å². The lowest BCUT2D eigenvalue weighted by Crippen LogP contribution is -2.52. The highest BCUT2D eigenvalue weighted by atomic mass is 127. The summed E-state index contributed by atoms with van der Waals surface area (Å²) in [7, 11) is 0. The summed E-state index contributed by atoms with van der Waals surface area (Å²) >= 11 is 0. The monoisotopic (exact) mass is 497 g/mol. The molecule has 154 valence electrons. The molecule has 1 N–H and O–H groups in total. The summed E-state index contributed by atoms with van der Waals surface area (Å²) < 4.78 is 2.01. The van der Waals surface area contributed by atoms with Gasteiger partial charge in [-0.25, -0.2) is 0 Å². The highest BCUT2D eigenvalue weighted by molar-refractivity contribution is 14.0. The summed E-state index contributed by atoms with van der Waals surface area (Å²) in [6.07, 6.45) is 5.68. The number of hydrogen-bond acceptors (Lipinski definition) is 4. The molecule has 0 unspecified atom stereocenters. The maximum Gasteiger partial charge on any atom is 0.194 e. The van der Waals surface area contributed by atoms with Gasteiger partial charge in [-0.1, -0.05) is 12.1 Å². The molecule has 1 fully saturated rings. The Bertz CT molecular complexity index is 709. The maximum atomic E-state index is 4.84. The Morgan fingerprint density at radius 1 is 1.11 bits per heavy atom. The fourth-order valence-corrected chi connectivity index (χ4v) is 3.36. The molecule has 0 atom stereocenters. The minimum absolute atomic E-state index is 0. The molecule has 0 aliphatic carbocycles. The normalized spacial score (nSPS) is 14.7. The SMILES string of the molecule is CCNC(=NCCCCn1cnnc1)N1CCN(c2cccc(C)c2)CC1.I. The first kappa shape index (κ1) is 22.4. The number of nitrogens with one attached hydrogen (secondary N) is 1. The largest absolute Gasteiger partial charge is 0.368 e. The standard InChI is InChI=1S/C20H31N7.HI/c1-3-21-20(22-9-4-5-10-25-16-23-24-17-25)27-13-11-26(12-14-27)19-8-6-7-18(2)15-19;/h6-8,15-17H,3-5,9-14H2,1-2H3,(H,21,22);1H. The minimum Gasteiger partial charge on any atom is -0.368 e. The Morgan fingerprint density at radius 2 is 1.86 bits per heavy atom. The van der Waals surface area contributed by atoms with Gasteiger partial charge in [0.2, 0.25) is 0 Å².